The molecule has 1 N–H and O–H groups in total. The summed E-state index contributed by atoms with van der Waals surface area (Å²) in [4.78, 5) is 0. The molecule has 0 aliphatic heterocycles. The van der Waals surface area contributed by atoms with Crippen molar-refractivity contribution in [2.75, 3.05) is 13.7 Å². The Morgan fingerprint density at radius 3 is 2.62 bits per heavy atom. The number of hydrogen-bond acceptors (Lipinski definition) is 2. The van der Waals surface area contributed by atoms with E-state index in [9.17, 15) is 0 Å². The van der Waals surface area contributed by atoms with E-state index in [4.69, 9.17) is 16.3 Å². The number of rotatable bonds is 6. The van der Waals surface area contributed by atoms with E-state index in [0.29, 0.717) is 0 Å². The smallest absolute Gasteiger partial charge is 0.126 e. The van der Waals surface area contributed by atoms with Crippen molar-refractivity contribution >= 4 is 11.6 Å². The van der Waals surface area contributed by atoms with Gasteiger partial charge in [-0.05, 0) is 55.3 Å². The third-order valence-corrected chi connectivity index (χ3v) is 3.69. The molecule has 0 saturated carbocycles. The topological polar surface area (TPSA) is 21.3 Å². The molecular weight excluding hydrogens is 282 g/mol. The van der Waals surface area contributed by atoms with E-state index < -0.39 is 0 Å². The second-order valence-electron chi connectivity index (χ2n) is 5.18. The summed E-state index contributed by atoms with van der Waals surface area (Å²) in [6, 6.07) is 12.3. The van der Waals surface area contributed by atoms with Crippen LogP contribution in [0.4, 0.5) is 0 Å². The molecule has 0 aliphatic carbocycles. The fourth-order valence-electron chi connectivity index (χ4n) is 2.40. The van der Waals surface area contributed by atoms with Crippen LogP contribution in [0.15, 0.2) is 36.4 Å². The summed E-state index contributed by atoms with van der Waals surface area (Å²) in [5.41, 5.74) is 4.69. The van der Waals surface area contributed by atoms with Crippen LogP contribution in [-0.4, -0.2) is 13.7 Å². The predicted octanol–water partition coefficient (Wildman–Crippen LogP) is 4.82. The van der Waals surface area contributed by atoms with Crippen molar-refractivity contribution < 1.29 is 4.74 Å². The minimum Gasteiger partial charge on any atom is -0.496 e. The van der Waals surface area contributed by atoms with Crippen molar-refractivity contribution in [3.63, 3.8) is 0 Å². The van der Waals surface area contributed by atoms with Gasteiger partial charge in [-0.2, -0.15) is 0 Å². The molecule has 0 fully saturated rings. The Morgan fingerprint density at radius 1 is 1.10 bits per heavy atom. The largest absolute Gasteiger partial charge is 0.496 e. The van der Waals surface area contributed by atoms with Gasteiger partial charge in [0.05, 0.1) is 7.11 Å². The summed E-state index contributed by atoms with van der Waals surface area (Å²) in [5.74, 6) is 0.889. The first-order valence-corrected chi connectivity index (χ1v) is 7.67. The fraction of sp³-hybridized carbons (Fsp3) is 0.333. The van der Waals surface area contributed by atoms with Gasteiger partial charge >= 0.3 is 0 Å². The zero-order chi connectivity index (χ0) is 15.2. The van der Waals surface area contributed by atoms with Crippen molar-refractivity contribution in [1.29, 1.82) is 0 Å². The van der Waals surface area contributed by atoms with Crippen molar-refractivity contribution in [1.82, 2.24) is 5.32 Å². The number of ether oxygens (including phenoxy) is 1. The monoisotopic (exact) mass is 303 g/mol. The van der Waals surface area contributed by atoms with Crippen LogP contribution in [0, 0.1) is 6.92 Å². The molecule has 112 valence electrons. The molecule has 0 radical (unpaired) electrons. The SMILES string of the molecule is CCCNCc1cc(Cl)ccc1-c1cc(C)ccc1OC. The Bertz CT molecular complexity index is 610. The van der Waals surface area contributed by atoms with E-state index in [1.54, 1.807) is 7.11 Å². The van der Waals surface area contributed by atoms with Gasteiger partial charge in [0.2, 0.25) is 0 Å². The molecule has 0 atom stereocenters. The lowest BCUT2D eigenvalue weighted by Crippen LogP contribution is -2.14. The Kier molecular flexibility index (Phi) is 5.66. The van der Waals surface area contributed by atoms with Gasteiger partial charge in [-0.1, -0.05) is 36.2 Å². The number of hydrogen-bond donors (Lipinski definition) is 1. The summed E-state index contributed by atoms with van der Waals surface area (Å²) >= 11 is 6.16. The van der Waals surface area contributed by atoms with Crippen molar-refractivity contribution in [2.45, 2.75) is 26.8 Å². The fourth-order valence-corrected chi connectivity index (χ4v) is 2.60. The summed E-state index contributed by atoms with van der Waals surface area (Å²) < 4.78 is 5.51. The maximum atomic E-state index is 6.16. The van der Waals surface area contributed by atoms with Crippen LogP contribution in [0.3, 0.4) is 0 Å². The van der Waals surface area contributed by atoms with Crippen molar-refractivity contribution in [3.8, 4) is 16.9 Å². The van der Waals surface area contributed by atoms with Gasteiger partial charge in [-0.15, -0.1) is 0 Å². The number of benzene rings is 2. The maximum Gasteiger partial charge on any atom is 0.126 e. The van der Waals surface area contributed by atoms with Crippen LogP contribution < -0.4 is 10.1 Å². The van der Waals surface area contributed by atoms with Gasteiger partial charge in [-0.25, -0.2) is 0 Å². The highest BCUT2D eigenvalue weighted by atomic mass is 35.5. The van der Waals surface area contributed by atoms with Gasteiger partial charge in [0.25, 0.3) is 0 Å². The minimum atomic E-state index is 0.763. The molecule has 0 aliphatic rings. The molecule has 2 aromatic rings. The maximum absolute atomic E-state index is 6.16. The quantitative estimate of drug-likeness (QED) is 0.772. The molecule has 2 aromatic carbocycles. The summed E-state index contributed by atoms with van der Waals surface area (Å²) in [6.07, 6.45) is 1.11. The molecule has 21 heavy (non-hydrogen) atoms. The first-order chi connectivity index (χ1) is 10.2. The zero-order valence-electron chi connectivity index (χ0n) is 12.9. The molecule has 0 amide bonds. The summed E-state index contributed by atoms with van der Waals surface area (Å²) in [5, 5.41) is 4.20. The number of aryl methyl sites for hydroxylation is 1. The molecule has 0 aromatic heterocycles. The molecular formula is C18H22ClNO. The molecule has 0 bridgehead atoms. The molecule has 2 nitrogen and oxygen atoms in total. The van der Waals surface area contributed by atoms with E-state index in [1.165, 1.54) is 16.7 Å². The number of halogens is 1. The molecule has 0 spiro atoms. The van der Waals surface area contributed by atoms with Crippen LogP contribution in [0.2, 0.25) is 5.02 Å². The van der Waals surface area contributed by atoms with Crippen molar-refractivity contribution in [3.05, 3.63) is 52.5 Å². The molecule has 0 heterocycles. The highest BCUT2D eigenvalue weighted by molar-refractivity contribution is 6.30. The lowest BCUT2D eigenvalue weighted by molar-refractivity contribution is 0.416. The standard InChI is InChI=1S/C18H22ClNO/c1-4-9-20-12-14-11-15(19)6-7-16(14)17-10-13(2)5-8-18(17)21-3/h5-8,10-11,20H,4,9,12H2,1-3H3. The van der Waals surface area contributed by atoms with Crippen LogP contribution in [-0.2, 0) is 6.54 Å². The van der Waals surface area contributed by atoms with E-state index in [2.05, 4.69) is 37.4 Å². The van der Waals surface area contributed by atoms with Gasteiger partial charge in [0.1, 0.15) is 5.75 Å². The van der Waals surface area contributed by atoms with Crippen LogP contribution >= 0.6 is 11.6 Å². The van der Waals surface area contributed by atoms with Gasteiger partial charge in [0, 0.05) is 17.1 Å². The molecule has 2 rings (SSSR count). The highest BCUT2D eigenvalue weighted by Crippen LogP contribution is 2.34. The summed E-state index contributed by atoms with van der Waals surface area (Å²) in [6.45, 7) is 6.06. The van der Waals surface area contributed by atoms with Crippen LogP contribution in [0.5, 0.6) is 5.75 Å². The average Bonchev–Trinajstić information content (AvgIpc) is 2.48. The molecule has 0 saturated heterocycles. The Labute approximate surface area is 132 Å². The van der Waals surface area contributed by atoms with Gasteiger partial charge in [0.15, 0.2) is 0 Å². The average molecular weight is 304 g/mol. The normalized spacial score (nSPS) is 10.7. The van der Waals surface area contributed by atoms with Crippen molar-refractivity contribution in [2.24, 2.45) is 0 Å². The Morgan fingerprint density at radius 2 is 1.90 bits per heavy atom. The number of methoxy groups -OCH3 is 1. The Balaban J connectivity index is 2.45. The third-order valence-electron chi connectivity index (χ3n) is 3.45. The van der Waals surface area contributed by atoms with E-state index in [-0.39, 0.29) is 0 Å². The lowest BCUT2D eigenvalue weighted by Gasteiger charge is -2.15. The first kappa shape index (κ1) is 15.9. The molecule has 3 heteroatoms. The second kappa shape index (κ2) is 7.48. The van der Waals surface area contributed by atoms with E-state index in [0.717, 1.165) is 35.8 Å². The van der Waals surface area contributed by atoms with Gasteiger partial charge < -0.3 is 10.1 Å². The first-order valence-electron chi connectivity index (χ1n) is 7.30. The van der Waals surface area contributed by atoms with Gasteiger partial charge in [-0.3, -0.25) is 0 Å². The Hall–Kier alpha value is -1.51. The van der Waals surface area contributed by atoms with Crippen LogP contribution in [0.25, 0.3) is 11.1 Å². The number of nitrogens with one attached hydrogen (secondary N) is 1. The van der Waals surface area contributed by atoms with Crippen LogP contribution in [0.1, 0.15) is 24.5 Å². The lowest BCUT2D eigenvalue weighted by atomic mass is 9.97. The zero-order valence-corrected chi connectivity index (χ0v) is 13.6. The second-order valence-corrected chi connectivity index (χ2v) is 5.62. The minimum absolute atomic E-state index is 0.763. The summed E-state index contributed by atoms with van der Waals surface area (Å²) in [7, 11) is 1.71. The van der Waals surface area contributed by atoms with E-state index in [1.807, 2.05) is 18.2 Å². The third kappa shape index (κ3) is 3.99. The predicted molar refractivity (Wildman–Crippen MR) is 90.2 cm³/mol. The highest BCUT2D eigenvalue weighted by Gasteiger charge is 2.11. The molecule has 0 unspecified atom stereocenters. The van der Waals surface area contributed by atoms with E-state index >= 15 is 0 Å².